The molecule has 1 aliphatic carbocycles. The minimum atomic E-state index is 0.0341. The van der Waals surface area contributed by atoms with E-state index in [1.54, 1.807) is 7.11 Å². The first-order chi connectivity index (χ1) is 11.6. The predicted octanol–water partition coefficient (Wildman–Crippen LogP) is 4.18. The van der Waals surface area contributed by atoms with Crippen LogP contribution >= 0.6 is 11.3 Å². The molecule has 24 heavy (non-hydrogen) atoms. The van der Waals surface area contributed by atoms with Crippen molar-refractivity contribution in [3.05, 3.63) is 59.5 Å². The Morgan fingerprint density at radius 2 is 1.92 bits per heavy atom. The Hall–Kier alpha value is -2.40. The van der Waals surface area contributed by atoms with E-state index >= 15 is 0 Å². The zero-order chi connectivity index (χ0) is 16.7. The number of nitrogens with zero attached hydrogens (tertiary/aromatic N) is 2. The van der Waals surface area contributed by atoms with Crippen LogP contribution < -0.4 is 10.5 Å². The normalized spacial score (nSPS) is 15.2. The predicted molar refractivity (Wildman–Crippen MR) is 97.5 cm³/mol. The second-order valence-corrected chi connectivity index (χ2v) is 7.24. The molecular weight excluding hydrogens is 318 g/mol. The van der Waals surface area contributed by atoms with Gasteiger partial charge in [-0.3, -0.25) is 4.98 Å². The number of aryl methyl sites for hydroxylation is 1. The summed E-state index contributed by atoms with van der Waals surface area (Å²) in [6.45, 7) is 2.00. The first kappa shape index (κ1) is 15.1. The molecular formula is C19H19N3OS. The second-order valence-electron chi connectivity index (χ2n) is 6.21. The van der Waals surface area contributed by atoms with Gasteiger partial charge in [-0.15, -0.1) is 0 Å². The highest BCUT2D eigenvalue weighted by Gasteiger charge is 2.47. The Morgan fingerprint density at radius 3 is 2.50 bits per heavy atom. The van der Waals surface area contributed by atoms with Crippen LogP contribution in [0.3, 0.4) is 0 Å². The Kier molecular flexibility index (Phi) is 3.53. The summed E-state index contributed by atoms with van der Waals surface area (Å²) in [6.07, 6.45) is 4.14. The number of benzene rings is 1. The van der Waals surface area contributed by atoms with Crippen molar-refractivity contribution in [2.75, 3.05) is 12.8 Å². The number of methoxy groups -OCH3 is 1. The number of hydrogen-bond acceptors (Lipinski definition) is 5. The maximum Gasteiger partial charge on any atom is 0.180 e. The summed E-state index contributed by atoms with van der Waals surface area (Å²) in [5, 5.41) is 0.608. The van der Waals surface area contributed by atoms with Gasteiger partial charge in [-0.25, -0.2) is 4.98 Å². The summed E-state index contributed by atoms with van der Waals surface area (Å²) < 4.78 is 5.27. The molecule has 0 bridgehead atoms. The van der Waals surface area contributed by atoms with Crippen LogP contribution in [-0.2, 0) is 5.41 Å². The zero-order valence-corrected chi connectivity index (χ0v) is 14.6. The number of anilines is 1. The van der Waals surface area contributed by atoms with E-state index in [9.17, 15) is 0 Å². The molecule has 0 aliphatic heterocycles. The number of aromatic nitrogens is 2. The molecule has 0 atom stereocenters. The van der Waals surface area contributed by atoms with Crippen molar-refractivity contribution in [2.24, 2.45) is 0 Å². The molecule has 1 aliphatic rings. The molecule has 2 N–H and O–H groups in total. The molecule has 1 fully saturated rings. The maximum atomic E-state index is 5.85. The van der Waals surface area contributed by atoms with Crippen LogP contribution in [0.15, 0.2) is 42.6 Å². The van der Waals surface area contributed by atoms with Gasteiger partial charge in [-0.05, 0) is 55.2 Å². The van der Waals surface area contributed by atoms with Crippen LogP contribution in [0.25, 0.3) is 10.4 Å². The molecule has 0 spiro atoms. The van der Waals surface area contributed by atoms with E-state index in [1.165, 1.54) is 16.9 Å². The van der Waals surface area contributed by atoms with E-state index in [-0.39, 0.29) is 5.41 Å². The maximum absolute atomic E-state index is 5.85. The second kappa shape index (κ2) is 5.60. The number of pyridine rings is 1. The van der Waals surface area contributed by atoms with Gasteiger partial charge in [-0.1, -0.05) is 23.5 Å². The Bertz CT molecular complexity index is 882. The Balaban J connectivity index is 1.74. The molecule has 122 valence electrons. The number of nitrogens with two attached hydrogens (primary N) is 1. The monoisotopic (exact) mass is 337 g/mol. The average Bonchev–Trinajstić information content (AvgIpc) is 3.35. The van der Waals surface area contributed by atoms with E-state index in [1.807, 2.05) is 31.3 Å². The highest BCUT2D eigenvalue weighted by molar-refractivity contribution is 7.18. The number of rotatable bonds is 4. The van der Waals surface area contributed by atoms with Crippen molar-refractivity contribution < 1.29 is 4.74 Å². The van der Waals surface area contributed by atoms with Gasteiger partial charge >= 0.3 is 0 Å². The molecule has 2 aromatic heterocycles. The lowest BCUT2D eigenvalue weighted by atomic mass is 9.91. The third kappa shape index (κ3) is 2.45. The van der Waals surface area contributed by atoms with Crippen molar-refractivity contribution in [3.8, 4) is 16.2 Å². The van der Waals surface area contributed by atoms with Crippen molar-refractivity contribution in [1.82, 2.24) is 9.97 Å². The highest BCUT2D eigenvalue weighted by Crippen LogP contribution is 2.53. The fourth-order valence-corrected chi connectivity index (χ4v) is 4.08. The number of ether oxygens (including phenoxy) is 1. The van der Waals surface area contributed by atoms with E-state index in [0.717, 1.165) is 40.4 Å². The van der Waals surface area contributed by atoms with E-state index in [4.69, 9.17) is 10.5 Å². The lowest BCUT2D eigenvalue weighted by Crippen LogP contribution is -2.10. The molecule has 0 amide bonds. The van der Waals surface area contributed by atoms with Crippen LogP contribution in [-0.4, -0.2) is 17.1 Å². The highest BCUT2D eigenvalue weighted by atomic mass is 32.1. The van der Waals surface area contributed by atoms with Crippen LogP contribution in [0, 0.1) is 6.92 Å². The molecule has 5 heteroatoms. The number of thiazole rings is 1. The van der Waals surface area contributed by atoms with Crippen LogP contribution in [0.1, 0.15) is 29.8 Å². The van der Waals surface area contributed by atoms with Crippen molar-refractivity contribution >= 4 is 16.5 Å². The molecule has 2 heterocycles. The van der Waals surface area contributed by atoms with Crippen molar-refractivity contribution in [1.29, 1.82) is 0 Å². The van der Waals surface area contributed by atoms with Gasteiger partial charge < -0.3 is 10.5 Å². The molecule has 0 unspecified atom stereocenters. The Labute approximate surface area is 145 Å². The fraction of sp³-hybridized carbons (Fsp3) is 0.263. The van der Waals surface area contributed by atoms with E-state index < -0.39 is 0 Å². The van der Waals surface area contributed by atoms with Crippen LogP contribution in [0.2, 0.25) is 0 Å². The topological polar surface area (TPSA) is 61.0 Å². The van der Waals surface area contributed by atoms with E-state index in [2.05, 4.69) is 28.2 Å². The third-order valence-electron chi connectivity index (χ3n) is 4.72. The molecule has 0 radical (unpaired) electrons. The molecule has 0 saturated heterocycles. The summed E-state index contributed by atoms with van der Waals surface area (Å²) in [7, 11) is 1.69. The fourth-order valence-electron chi connectivity index (χ4n) is 3.25. The number of nitrogen functional groups attached to an aromatic ring is 1. The Morgan fingerprint density at radius 1 is 1.17 bits per heavy atom. The quantitative estimate of drug-likeness (QED) is 0.775. The minimum absolute atomic E-state index is 0.0341. The van der Waals surface area contributed by atoms with Gasteiger partial charge in [0.15, 0.2) is 5.13 Å². The van der Waals surface area contributed by atoms with Gasteiger partial charge in [-0.2, -0.15) is 0 Å². The first-order valence-corrected chi connectivity index (χ1v) is 8.78. The largest absolute Gasteiger partial charge is 0.497 e. The van der Waals surface area contributed by atoms with Gasteiger partial charge in [0, 0.05) is 11.6 Å². The summed E-state index contributed by atoms with van der Waals surface area (Å²) in [5.74, 6) is 0.881. The number of hydrogen-bond donors (Lipinski definition) is 1. The molecule has 4 nitrogen and oxygen atoms in total. The summed E-state index contributed by atoms with van der Waals surface area (Å²) in [5.41, 5.74) is 10.4. The van der Waals surface area contributed by atoms with Crippen molar-refractivity contribution in [3.63, 3.8) is 0 Å². The minimum Gasteiger partial charge on any atom is -0.497 e. The van der Waals surface area contributed by atoms with Gasteiger partial charge in [0.2, 0.25) is 0 Å². The molecule has 3 aromatic rings. The van der Waals surface area contributed by atoms with Gasteiger partial charge in [0.1, 0.15) is 5.75 Å². The first-order valence-electron chi connectivity index (χ1n) is 7.97. The molecule has 1 saturated carbocycles. The molecule has 1 aromatic carbocycles. The van der Waals surface area contributed by atoms with Crippen molar-refractivity contribution in [2.45, 2.75) is 25.2 Å². The smallest absolute Gasteiger partial charge is 0.180 e. The van der Waals surface area contributed by atoms with E-state index in [0.29, 0.717) is 5.13 Å². The van der Waals surface area contributed by atoms with Gasteiger partial charge in [0.25, 0.3) is 0 Å². The summed E-state index contributed by atoms with van der Waals surface area (Å²) in [4.78, 5) is 10.1. The third-order valence-corrected chi connectivity index (χ3v) is 5.75. The zero-order valence-electron chi connectivity index (χ0n) is 13.7. The SMILES string of the molecule is COc1ccc(C2(c3cc(-c4sc(N)nc4C)ccn3)CC2)cc1. The van der Waals surface area contributed by atoms with Gasteiger partial charge in [0.05, 0.1) is 23.4 Å². The standard InChI is InChI=1S/C19H19N3OS/c1-12-17(24-18(20)22-12)13-7-10-21-16(11-13)19(8-9-19)14-3-5-15(23-2)6-4-14/h3-7,10-11H,8-9H2,1-2H3,(H2,20,22). The summed E-state index contributed by atoms with van der Waals surface area (Å²) in [6, 6.07) is 12.6. The molecule has 4 rings (SSSR count). The van der Waals surface area contributed by atoms with Crippen LogP contribution in [0.5, 0.6) is 5.75 Å². The summed E-state index contributed by atoms with van der Waals surface area (Å²) >= 11 is 1.53. The average molecular weight is 337 g/mol. The lowest BCUT2D eigenvalue weighted by molar-refractivity contribution is 0.414. The lowest BCUT2D eigenvalue weighted by Gasteiger charge is -2.16. The van der Waals surface area contributed by atoms with Crippen LogP contribution in [0.4, 0.5) is 5.13 Å².